The molecule has 1 saturated carbocycles. The number of ether oxygens (including phenoxy) is 1. The molecule has 0 spiro atoms. The van der Waals surface area contributed by atoms with Gasteiger partial charge in [0.25, 0.3) is 11.1 Å². The van der Waals surface area contributed by atoms with Crippen molar-refractivity contribution in [3.63, 3.8) is 0 Å². The third-order valence-electron chi connectivity index (χ3n) is 5.64. The number of nitrogens with zero attached hydrogens (tertiary/aromatic N) is 2. The lowest BCUT2D eigenvalue weighted by Gasteiger charge is -2.30. The summed E-state index contributed by atoms with van der Waals surface area (Å²) in [4.78, 5) is 19.3. The van der Waals surface area contributed by atoms with E-state index in [0.29, 0.717) is 11.2 Å². The Hall–Kier alpha value is -1.28. The van der Waals surface area contributed by atoms with Gasteiger partial charge in [-0.3, -0.25) is 4.79 Å². The van der Waals surface area contributed by atoms with Crippen molar-refractivity contribution in [2.45, 2.75) is 70.8 Å². The van der Waals surface area contributed by atoms with E-state index in [0.717, 1.165) is 63.9 Å². The lowest BCUT2D eigenvalue weighted by atomic mass is 9.84. The van der Waals surface area contributed by atoms with Gasteiger partial charge in [-0.05, 0) is 51.0 Å². The Bertz CT molecular complexity index is 629. The Balaban J connectivity index is 1.39. The maximum Gasteiger partial charge on any atom is 0.278 e. The Morgan fingerprint density at radius 1 is 1.29 bits per heavy atom. The summed E-state index contributed by atoms with van der Waals surface area (Å²) in [5, 5.41) is 3.41. The van der Waals surface area contributed by atoms with Crippen molar-refractivity contribution in [3.05, 3.63) is 10.6 Å². The largest absolute Gasteiger partial charge is 0.464 e. The quantitative estimate of drug-likeness (QED) is 0.738. The number of thiazole rings is 1. The summed E-state index contributed by atoms with van der Waals surface area (Å²) >= 11 is 1.41. The molecule has 1 aliphatic heterocycles. The maximum absolute atomic E-state index is 12.9. The van der Waals surface area contributed by atoms with E-state index >= 15 is 0 Å². The summed E-state index contributed by atoms with van der Waals surface area (Å²) in [5.41, 5.74) is 1.01. The number of hydrogen-bond acceptors (Lipinski definition) is 5. The molecule has 1 N–H and O–H groups in total. The van der Waals surface area contributed by atoms with Crippen LogP contribution in [0.15, 0.2) is 0 Å². The molecule has 2 aliphatic rings. The van der Waals surface area contributed by atoms with Crippen LogP contribution in [0.4, 0.5) is 8.78 Å². The van der Waals surface area contributed by atoms with Crippen LogP contribution in [-0.2, 0) is 17.6 Å². The monoisotopic (exact) mass is 415 g/mol. The molecule has 1 fully saturated rings. The molecule has 8 heteroatoms. The predicted molar refractivity (Wildman–Crippen MR) is 106 cm³/mol. The minimum Gasteiger partial charge on any atom is -0.464 e. The van der Waals surface area contributed by atoms with Gasteiger partial charge in [0, 0.05) is 44.3 Å². The number of alkyl halides is 2. The first-order valence-electron chi connectivity index (χ1n) is 10.3. The fraction of sp³-hybridized carbons (Fsp3) is 0.800. The highest BCUT2D eigenvalue weighted by atomic mass is 32.1. The first-order chi connectivity index (χ1) is 13.3. The molecular weight excluding hydrogens is 384 g/mol. The smallest absolute Gasteiger partial charge is 0.278 e. The van der Waals surface area contributed by atoms with Gasteiger partial charge in [0.05, 0.1) is 5.69 Å². The van der Waals surface area contributed by atoms with Crippen LogP contribution in [0.1, 0.15) is 56.5 Å². The highest BCUT2D eigenvalue weighted by Crippen LogP contribution is 2.30. The molecule has 3 rings (SSSR count). The molecule has 2 heterocycles. The standard InChI is InChI=1S/C20H31F2N3O2S/c1-14(26)23-16-5-3-15(4-6-16)7-10-25-11-8-17-18(9-12-25)28-19(24-17)27-13-20(2,21)22/h15-16H,3-13H2,1-2H3,(H,23,26)/t15-,16-. The lowest BCUT2D eigenvalue weighted by Crippen LogP contribution is -2.37. The number of nitrogens with one attached hydrogen (secondary N) is 1. The summed E-state index contributed by atoms with van der Waals surface area (Å²) in [6, 6.07) is 0.359. The summed E-state index contributed by atoms with van der Waals surface area (Å²) < 4.78 is 31.1. The van der Waals surface area contributed by atoms with Crippen molar-refractivity contribution in [1.82, 2.24) is 15.2 Å². The molecule has 1 amide bonds. The number of amides is 1. The zero-order chi connectivity index (χ0) is 20.1. The number of fused-ring (bicyclic) bond motifs is 1. The third-order valence-corrected chi connectivity index (χ3v) is 6.71. The molecule has 5 nitrogen and oxygen atoms in total. The number of halogens is 2. The van der Waals surface area contributed by atoms with Gasteiger partial charge in [0.1, 0.15) is 0 Å². The van der Waals surface area contributed by atoms with E-state index in [-0.39, 0.29) is 5.91 Å². The van der Waals surface area contributed by atoms with Crippen molar-refractivity contribution in [2.75, 3.05) is 26.2 Å². The number of rotatable bonds is 7. The maximum atomic E-state index is 12.9. The summed E-state index contributed by atoms with van der Waals surface area (Å²) in [5.74, 6) is -2.01. The zero-order valence-electron chi connectivity index (χ0n) is 16.8. The van der Waals surface area contributed by atoms with Gasteiger partial charge in [-0.1, -0.05) is 11.3 Å². The predicted octanol–water partition coefficient (Wildman–Crippen LogP) is 3.66. The van der Waals surface area contributed by atoms with E-state index < -0.39 is 12.5 Å². The van der Waals surface area contributed by atoms with Gasteiger partial charge in [0.15, 0.2) is 6.61 Å². The molecule has 28 heavy (non-hydrogen) atoms. The summed E-state index contributed by atoms with van der Waals surface area (Å²) in [6.45, 7) is 4.87. The Labute approximate surface area is 169 Å². The van der Waals surface area contributed by atoms with Crippen LogP contribution in [0.3, 0.4) is 0 Å². The third kappa shape index (κ3) is 6.65. The average Bonchev–Trinajstić information content (AvgIpc) is 2.92. The number of carbonyl (C=O) groups excluding carboxylic acids is 1. The molecule has 0 unspecified atom stereocenters. The van der Waals surface area contributed by atoms with Gasteiger partial charge in [-0.2, -0.15) is 0 Å². The van der Waals surface area contributed by atoms with E-state index in [4.69, 9.17) is 4.74 Å². The Morgan fingerprint density at radius 3 is 2.68 bits per heavy atom. The molecule has 0 atom stereocenters. The molecule has 0 aromatic carbocycles. The molecule has 0 bridgehead atoms. The second kappa shape index (κ2) is 9.48. The normalized spacial score (nSPS) is 23.7. The van der Waals surface area contributed by atoms with Crippen LogP contribution in [0.25, 0.3) is 0 Å². The van der Waals surface area contributed by atoms with Gasteiger partial charge >= 0.3 is 0 Å². The first kappa shape index (κ1) is 21.4. The molecule has 0 saturated heterocycles. The number of aromatic nitrogens is 1. The van der Waals surface area contributed by atoms with Crippen molar-refractivity contribution in [2.24, 2.45) is 5.92 Å². The van der Waals surface area contributed by atoms with Crippen LogP contribution in [-0.4, -0.2) is 54.0 Å². The van der Waals surface area contributed by atoms with Gasteiger partial charge < -0.3 is 15.0 Å². The summed E-state index contributed by atoms with van der Waals surface area (Å²) in [7, 11) is 0. The van der Waals surface area contributed by atoms with Crippen LogP contribution in [0, 0.1) is 5.92 Å². The zero-order valence-corrected chi connectivity index (χ0v) is 17.6. The molecule has 0 radical (unpaired) electrons. The molecular formula is C20H31F2N3O2S. The SMILES string of the molecule is CC(=O)N[C@H]1CC[C@H](CCN2CCc3nc(OCC(C)(F)F)sc3CC2)CC1. The number of hydrogen-bond donors (Lipinski definition) is 1. The second-order valence-corrected chi connectivity index (χ2v) is 9.30. The molecule has 158 valence electrons. The van der Waals surface area contributed by atoms with Crippen molar-refractivity contribution in [1.29, 1.82) is 0 Å². The second-order valence-electron chi connectivity index (χ2n) is 8.26. The lowest BCUT2D eigenvalue weighted by molar-refractivity contribution is -0.119. The van der Waals surface area contributed by atoms with E-state index in [9.17, 15) is 13.6 Å². The average molecular weight is 416 g/mol. The fourth-order valence-electron chi connectivity index (χ4n) is 4.11. The minimum absolute atomic E-state index is 0.0751. The van der Waals surface area contributed by atoms with Gasteiger partial charge in [0.2, 0.25) is 5.91 Å². The Kier molecular flexibility index (Phi) is 7.25. The van der Waals surface area contributed by atoms with E-state index in [1.165, 1.54) is 35.5 Å². The topological polar surface area (TPSA) is 54.5 Å². The van der Waals surface area contributed by atoms with Crippen LogP contribution in [0.2, 0.25) is 0 Å². The minimum atomic E-state index is -2.83. The molecule has 1 aromatic rings. The van der Waals surface area contributed by atoms with Crippen molar-refractivity contribution in [3.8, 4) is 5.19 Å². The van der Waals surface area contributed by atoms with Crippen LogP contribution < -0.4 is 10.1 Å². The Morgan fingerprint density at radius 2 is 2.00 bits per heavy atom. The van der Waals surface area contributed by atoms with E-state index in [1.807, 2.05) is 0 Å². The number of carbonyl (C=O) groups is 1. The van der Waals surface area contributed by atoms with Crippen LogP contribution in [0.5, 0.6) is 5.19 Å². The van der Waals surface area contributed by atoms with Gasteiger partial charge in [-0.25, -0.2) is 13.8 Å². The van der Waals surface area contributed by atoms with Crippen molar-refractivity contribution >= 4 is 17.2 Å². The van der Waals surface area contributed by atoms with Gasteiger partial charge in [-0.15, -0.1) is 0 Å². The van der Waals surface area contributed by atoms with E-state index in [2.05, 4.69) is 15.2 Å². The van der Waals surface area contributed by atoms with Crippen LogP contribution >= 0.6 is 11.3 Å². The first-order valence-corrected chi connectivity index (χ1v) is 11.1. The highest BCUT2D eigenvalue weighted by molar-refractivity contribution is 7.13. The molecule has 1 aliphatic carbocycles. The fourth-order valence-corrected chi connectivity index (χ4v) is 5.05. The summed E-state index contributed by atoms with van der Waals surface area (Å²) in [6.07, 6.45) is 7.53. The highest BCUT2D eigenvalue weighted by Gasteiger charge is 2.25. The van der Waals surface area contributed by atoms with E-state index in [1.54, 1.807) is 6.92 Å². The van der Waals surface area contributed by atoms with Crippen molar-refractivity contribution < 1.29 is 18.3 Å². The molecule has 1 aromatic heterocycles.